The molecule has 0 radical (unpaired) electrons. The average Bonchev–Trinajstić information content (AvgIpc) is 2.56. The first-order valence-corrected chi connectivity index (χ1v) is 8.93. The van der Waals surface area contributed by atoms with Crippen LogP contribution < -0.4 is 5.84 Å². The molecule has 2 N–H and O–H groups in total. The maximum absolute atomic E-state index is 5.76. The van der Waals surface area contributed by atoms with E-state index < -0.39 is 0 Å². The Morgan fingerprint density at radius 2 is 1.48 bits per heavy atom. The summed E-state index contributed by atoms with van der Waals surface area (Å²) in [5, 5.41) is 1.70. The van der Waals surface area contributed by atoms with Gasteiger partial charge >= 0.3 is 0 Å². The third kappa shape index (κ3) is 28.1. The van der Waals surface area contributed by atoms with Gasteiger partial charge in [-0.25, -0.2) is 5.84 Å². The second-order valence-electron chi connectivity index (χ2n) is 3.83. The zero-order valence-corrected chi connectivity index (χ0v) is 16.2. The van der Waals surface area contributed by atoms with Gasteiger partial charge in [-0.15, -0.1) is 0 Å². The van der Waals surface area contributed by atoms with E-state index in [1.807, 2.05) is 47.7 Å². The van der Waals surface area contributed by atoms with Crippen molar-refractivity contribution in [3.63, 3.8) is 0 Å². The second-order valence-corrected chi connectivity index (χ2v) is 3.83. The highest BCUT2D eigenvalue weighted by Crippen LogP contribution is 2.11. The van der Waals surface area contributed by atoms with Gasteiger partial charge in [0.1, 0.15) is 0 Å². The Balaban J connectivity index is -0.000000212. The van der Waals surface area contributed by atoms with Gasteiger partial charge in [0, 0.05) is 12.7 Å². The van der Waals surface area contributed by atoms with Crippen LogP contribution in [-0.4, -0.2) is 18.3 Å². The summed E-state index contributed by atoms with van der Waals surface area (Å²) in [6, 6.07) is 0. The lowest BCUT2D eigenvalue weighted by atomic mass is 10.1. The lowest BCUT2D eigenvalue weighted by Crippen LogP contribution is -2.26. The second kappa shape index (κ2) is 31.5. The molecule has 3 heteroatoms. The SMILES string of the molecule is C=N/C(=C\N(N)CCC)CCCCCC.CC.CC.CC. The lowest BCUT2D eigenvalue weighted by molar-refractivity contribution is 0.388. The molecule has 0 aromatic heterocycles. The molecule has 0 atom stereocenters. The minimum Gasteiger partial charge on any atom is -0.316 e. The summed E-state index contributed by atoms with van der Waals surface area (Å²) >= 11 is 0. The first-order chi connectivity index (χ1) is 10.2. The number of hydrogen-bond acceptors (Lipinski definition) is 3. The Kier molecular flexibility index (Phi) is 42.6. The molecule has 0 unspecified atom stereocenters. The van der Waals surface area contributed by atoms with Gasteiger partial charge in [-0.3, -0.25) is 4.99 Å². The van der Waals surface area contributed by atoms with Crippen molar-refractivity contribution in [2.75, 3.05) is 6.54 Å². The van der Waals surface area contributed by atoms with Crippen molar-refractivity contribution in [3.8, 4) is 0 Å². The van der Waals surface area contributed by atoms with Gasteiger partial charge < -0.3 is 5.01 Å². The van der Waals surface area contributed by atoms with Gasteiger partial charge in [-0.05, 0) is 26.0 Å². The van der Waals surface area contributed by atoms with E-state index in [0.717, 1.165) is 25.1 Å². The normalized spacial score (nSPS) is 9.10. The molecule has 0 spiro atoms. The molecule has 3 nitrogen and oxygen atoms in total. The summed E-state index contributed by atoms with van der Waals surface area (Å²) in [7, 11) is 0. The van der Waals surface area contributed by atoms with Crippen molar-refractivity contribution in [2.45, 2.75) is 93.9 Å². The minimum atomic E-state index is 0.869. The van der Waals surface area contributed by atoms with E-state index in [-0.39, 0.29) is 0 Å². The Bertz CT molecular complexity index is 189. The number of unbranched alkanes of at least 4 members (excludes halogenated alkanes) is 3. The molecule has 0 aromatic rings. The summed E-state index contributed by atoms with van der Waals surface area (Å²) in [6.07, 6.45) is 8.95. The Morgan fingerprint density at radius 1 is 0.952 bits per heavy atom. The number of hydrazine groups is 1. The smallest absolute Gasteiger partial charge is 0.0569 e. The van der Waals surface area contributed by atoms with Crippen LogP contribution >= 0.6 is 0 Å². The van der Waals surface area contributed by atoms with Crippen LogP contribution in [0.2, 0.25) is 0 Å². The Labute approximate surface area is 135 Å². The van der Waals surface area contributed by atoms with Crippen LogP contribution in [0.3, 0.4) is 0 Å². The monoisotopic (exact) mass is 301 g/mol. The standard InChI is InChI=1S/C12H25N3.3C2H6/c1-4-6-7-8-9-12(14-3)11-15(13)10-5-2;3*1-2/h11H,3-10,13H2,1-2H3;3*1-2H3/b12-11-;;;. The van der Waals surface area contributed by atoms with Crippen LogP contribution in [0.5, 0.6) is 0 Å². The van der Waals surface area contributed by atoms with E-state index >= 15 is 0 Å². The zero-order chi connectivity index (χ0) is 17.5. The van der Waals surface area contributed by atoms with Gasteiger partial charge in [0.2, 0.25) is 0 Å². The predicted octanol–water partition coefficient (Wildman–Crippen LogP) is 6.16. The lowest BCUT2D eigenvalue weighted by Gasteiger charge is -2.13. The molecule has 0 fully saturated rings. The van der Waals surface area contributed by atoms with Gasteiger partial charge in [0.15, 0.2) is 0 Å². The van der Waals surface area contributed by atoms with Gasteiger partial charge in [-0.2, -0.15) is 0 Å². The number of aliphatic imine (C=N–C) groups is 1. The molecule has 0 bridgehead atoms. The van der Waals surface area contributed by atoms with E-state index in [2.05, 4.69) is 25.6 Å². The molecule has 0 amide bonds. The fourth-order valence-electron chi connectivity index (χ4n) is 1.43. The number of nitrogens with zero attached hydrogens (tertiary/aromatic N) is 2. The van der Waals surface area contributed by atoms with E-state index in [1.165, 1.54) is 25.7 Å². The van der Waals surface area contributed by atoms with Crippen molar-refractivity contribution in [1.82, 2.24) is 5.01 Å². The predicted molar refractivity (Wildman–Crippen MR) is 102 cm³/mol. The molecule has 0 aliphatic rings. The molecule has 130 valence electrons. The van der Waals surface area contributed by atoms with Crippen LogP contribution in [0.4, 0.5) is 0 Å². The highest BCUT2D eigenvalue weighted by atomic mass is 15.4. The Morgan fingerprint density at radius 3 is 1.86 bits per heavy atom. The van der Waals surface area contributed by atoms with Crippen LogP contribution in [0.25, 0.3) is 0 Å². The molecule has 21 heavy (non-hydrogen) atoms. The van der Waals surface area contributed by atoms with Crippen LogP contribution in [0.1, 0.15) is 93.9 Å². The van der Waals surface area contributed by atoms with Crippen LogP contribution in [0, 0.1) is 0 Å². The van der Waals surface area contributed by atoms with Gasteiger partial charge in [-0.1, -0.05) is 74.7 Å². The molecular formula is C18H43N3. The molecule has 0 rings (SSSR count). The topological polar surface area (TPSA) is 41.6 Å². The molecule has 0 aromatic carbocycles. The fourth-order valence-corrected chi connectivity index (χ4v) is 1.43. The minimum absolute atomic E-state index is 0.869. The Hall–Kier alpha value is -0.830. The molecule has 0 aliphatic carbocycles. The maximum atomic E-state index is 5.76. The first kappa shape index (κ1) is 28.3. The number of rotatable bonds is 9. The van der Waals surface area contributed by atoms with Crippen molar-refractivity contribution in [2.24, 2.45) is 10.8 Å². The third-order valence-corrected chi connectivity index (χ3v) is 2.29. The molecular weight excluding hydrogens is 258 g/mol. The fraction of sp³-hybridized carbons (Fsp3) is 0.833. The van der Waals surface area contributed by atoms with Crippen molar-refractivity contribution >= 4 is 6.72 Å². The maximum Gasteiger partial charge on any atom is 0.0569 e. The third-order valence-electron chi connectivity index (χ3n) is 2.29. The molecule has 0 aliphatic heterocycles. The summed E-state index contributed by atoms with van der Waals surface area (Å²) in [5.41, 5.74) is 1.00. The average molecular weight is 302 g/mol. The summed E-state index contributed by atoms with van der Waals surface area (Å²) < 4.78 is 0. The molecule has 0 saturated carbocycles. The van der Waals surface area contributed by atoms with Gasteiger partial charge in [0.25, 0.3) is 0 Å². The zero-order valence-electron chi connectivity index (χ0n) is 16.2. The van der Waals surface area contributed by atoms with E-state index in [9.17, 15) is 0 Å². The summed E-state index contributed by atoms with van der Waals surface area (Å²) in [6.45, 7) is 20.8. The van der Waals surface area contributed by atoms with Crippen LogP contribution in [0.15, 0.2) is 16.9 Å². The number of hydrogen-bond donors (Lipinski definition) is 1. The van der Waals surface area contributed by atoms with E-state index in [1.54, 1.807) is 5.01 Å². The summed E-state index contributed by atoms with van der Waals surface area (Å²) in [5.74, 6) is 5.76. The highest BCUT2D eigenvalue weighted by Gasteiger charge is 1.97. The molecule has 0 heterocycles. The van der Waals surface area contributed by atoms with E-state index in [0.29, 0.717) is 0 Å². The van der Waals surface area contributed by atoms with E-state index in [4.69, 9.17) is 5.84 Å². The number of nitrogens with two attached hydrogens (primary N) is 1. The first-order valence-electron chi connectivity index (χ1n) is 8.93. The summed E-state index contributed by atoms with van der Waals surface area (Å²) in [4.78, 5) is 4.00. The van der Waals surface area contributed by atoms with Gasteiger partial charge in [0.05, 0.1) is 5.70 Å². The largest absolute Gasteiger partial charge is 0.316 e. The molecule has 0 saturated heterocycles. The quantitative estimate of drug-likeness (QED) is 0.240. The van der Waals surface area contributed by atoms with Crippen molar-refractivity contribution in [1.29, 1.82) is 0 Å². The number of allylic oxidation sites excluding steroid dienone is 1. The van der Waals surface area contributed by atoms with Crippen molar-refractivity contribution < 1.29 is 0 Å². The van der Waals surface area contributed by atoms with Crippen LogP contribution in [-0.2, 0) is 0 Å². The van der Waals surface area contributed by atoms with Crippen molar-refractivity contribution in [3.05, 3.63) is 11.9 Å². The highest BCUT2D eigenvalue weighted by molar-refractivity contribution is 5.28.